The highest BCUT2D eigenvalue weighted by molar-refractivity contribution is 7.98. The van der Waals surface area contributed by atoms with Gasteiger partial charge in [-0.3, -0.25) is 0 Å². The molecule has 8 heteroatoms. The maximum atomic E-state index is 12.4. The minimum absolute atomic E-state index is 0.0408. The lowest BCUT2D eigenvalue weighted by atomic mass is 10.2. The zero-order valence-electron chi connectivity index (χ0n) is 13.9. The van der Waals surface area contributed by atoms with Gasteiger partial charge in [0, 0.05) is 18.1 Å². The summed E-state index contributed by atoms with van der Waals surface area (Å²) in [6.45, 7) is 2.35. The highest BCUT2D eigenvalue weighted by Gasteiger charge is 2.21. The van der Waals surface area contributed by atoms with Gasteiger partial charge in [0.15, 0.2) is 0 Å². The predicted molar refractivity (Wildman–Crippen MR) is 106 cm³/mol. The molecule has 0 aromatic heterocycles. The number of aryl methyl sites for hydroxylation is 1. The van der Waals surface area contributed by atoms with E-state index in [9.17, 15) is 8.42 Å². The highest BCUT2D eigenvalue weighted by Crippen LogP contribution is 2.36. The van der Waals surface area contributed by atoms with Crippen LogP contribution in [0.4, 0.5) is 0 Å². The SMILES string of the molecule is COc1ccc(S(=O)(=O)NCCSCc2cccc(C)c2)c(Cl)c1Cl. The average Bonchev–Trinajstić information content (AvgIpc) is 2.56. The molecule has 0 saturated heterocycles. The number of hydrogen-bond donors (Lipinski definition) is 1. The first-order valence-corrected chi connectivity index (χ1v) is 10.9. The summed E-state index contributed by atoms with van der Waals surface area (Å²) in [5, 5.41) is 0.0433. The lowest BCUT2D eigenvalue weighted by Crippen LogP contribution is -2.26. The number of halogens is 2. The second-order valence-corrected chi connectivity index (χ2v) is 8.93. The summed E-state index contributed by atoms with van der Waals surface area (Å²) < 4.78 is 32.3. The molecule has 2 aromatic rings. The standard InChI is InChI=1S/C17H19Cl2NO3S2/c1-12-4-3-5-13(10-12)11-24-9-8-20-25(21,22)15-7-6-14(23-2)16(18)17(15)19/h3-7,10,20H,8-9,11H2,1-2H3. The minimum atomic E-state index is -3.73. The first kappa shape index (κ1) is 20.4. The number of nitrogens with one attached hydrogen (secondary N) is 1. The summed E-state index contributed by atoms with van der Waals surface area (Å²) in [7, 11) is -2.29. The molecule has 0 unspecified atom stereocenters. The van der Waals surface area contributed by atoms with Crippen LogP contribution >= 0.6 is 35.0 Å². The largest absolute Gasteiger partial charge is 0.495 e. The van der Waals surface area contributed by atoms with Crippen molar-refractivity contribution in [3.63, 3.8) is 0 Å². The molecule has 25 heavy (non-hydrogen) atoms. The number of sulfonamides is 1. The molecule has 0 amide bonds. The Balaban J connectivity index is 1.90. The second-order valence-electron chi connectivity index (χ2n) is 5.33. The van der Waals surface area contributed by atoms with E-state index in [-0.39, 0.29) is 14.9 Å². The van der Waals surface area contributed by atoms with Gasteiger partial charge in [-0.15, -0.1) is 0 Å². The van der Waals surface area contributed by atoms with E-state index in [0.717, 1.165) is 5.75 Å². The molecule has 0 heterocycles. The lowest BCUT2D eigenvalue weighted by Gasteiger charge is -2.11. The predicted octanol–water partition coefficient (Wildman–Crippen LogP) is 4.52. The van der Waals surface area contributed by atoms with Gasteiger partial charge in [-0.1, -0.05) is 53.0 Å². The molecule has 0 aliphatic heterocycles. The molecule has 136 valence electrons. The fraction of sp³-hybridized carbons (Fsp3) is 0.294. The van der Waals surface area contributed by atoms with Gasteiger partial charge in [-0.25, -0.2) is 13.1 Å². The van der Waals surface area contributed by atoms with Crippen LogP contribution in [-0.4, -0.2) is 27.8 Å². The fourth-order valence-electron chi connectivity index (χ4n) is 2.20. The maximum absolute atomic E-state index is 12.4. The molecule has 0 saturated carbocycles. The van der Waals surface area contributed by atoms with Crippen LogP contribution in [0.25, 0.3) is 0 Å². The average molecular weight is 420 g/mol. The third-order valence-electron chi connectivity index (χ3n) is 3.41. The van der Waals surface area contributed by atoms with E-state index in [4.69, 9.17) is 27.9 Å². The Kier molecular flexibility index (Phi) is 7.46. The van der Waals surface area contributed by atoms with E-state index in [0.29, 0.717) is 18.0 Å². The Morgan fingerprint density at radius 1 is 1.16 bits per heavy atom. The van der Waals surface area contributed by atoms with Gasteiger partial charge in [0.1, 0.15) is 15.7 Å². The normalized spacial score (nSPS) is 11.5. The van der Waals surface area contributed by atoms with E-state index in [1.807, 2.05) is 19.1 Å². The minimum Gasteiger partial charge on any atom is -0.495 e. The summed E-state index contributed by atoms with van der Waals surface area (Å²) in [5.74, 6) is 1.81. The van der Waals surface area contributed by atoms with Crippen LogP contribution in [0, 0.1) is 6.92 Å². The lowest BCUT2D eigenvalue weighted by molar-refractivity contribution is 0.414. The van der Waals surface area contributed by atoms with Crippen molar-refractivity contribution in [2.45, 2.75) is 17.6 Å². The van der Waals surface area contributed by atoms with Crippen molar-refractivity contribution in [3.8, 4) is 5.75 Å². The molecule has 0 spiro atoms. The number of hydrogen-bond acceptors (Lipinski definition) is 4. The molecule has 0 radical (unpaired) electrons. The van der Waals surface area contributed by atoms with Gasteiger partial charge < -0.3 is 4.74 Å². The van der Waals surface area contributed by atoms with E-state index >= 15 is 0 Å². The Morgan fingerprint density at radius 3 is 2.60 bits per heavy atom. The summed E-state index contributed by atoms with van der Waals surface area (Å²) in [4.78, 5) is -0.0522. The molecule has 1 N–H and O–H groups in total. The summed E-state index contributed by atoms with van der Waals surface area (Å²) >= 11 is 13.7. The zero-order chi connectivity index (χ0) is 18.4. The number of rotatable bonds is 8. The topological polar surface area (TPSA) is 55.4 Å². The number of thioether (sulfide) groups is 1. The Labute approximate surface area is 162 Å². The highest BCUT2D eigenvalue weighted by atomic mass is 35.5. The molecular formula is C17H19Cl2NO3S2. The van der Waals surface area contributed by atoms with Crippen LogP contribution in [0.1, 0.15) is 11.1 Å². The van der Waals surface area contributed by atoms with Gasteiger partial charge in [0.2, 0.25) is 10.0 Å². The molecule has 0 bridgehead atoms. The van der Waals surface area contributed by atoms with Gasteiger partial charge in [0.25, 0.3) is 0 Å². The van der Waals surface area contributed by atoms with Crippen molar-refractivity contribution in [1.29, 1.82) is 0 Å². The van der Waals surface area contributed by atoms with Crippen molar-refractivity contribution in [1.82, 2.24) is 4.72 Å². The van der Waals surface area contributed by atoms with Crippen LogP contribution in [0.3, 0.4) is 0 Å². The van der Waals surface area contributed by atoms with E-state index < -0.39 is 10.0 Å². The van der Waals surface area contributed by atoms with Crippen molar-refractivity contribution >= 4 is 45.0 Å². The van der Waals surface area contributed by atoms with Gasteiger partial charge >= 0.3 is 0 Å². The van der Waals surface area contributed by atoms with E-state index in [1.54, 1.807) is 11.8 Å². The van der Waals surface area contributed by atoms with Gasteiger partial charge in [-0.2, -0.15) is 11.8 Å². The number of ether oxygens (including phenoxy) is 1. The Bertz CT molecular complexity index is 842. The van der Waals surface area contributed by atoms with Crippen LogP contribution in [0.15, 0.2) is 41.3 Å². The van der Waals surface area contributed by atoms with Crippen LogP contribution in [-0.2, 0) is 15.8 Å². The third kappa shape index (κ3) is 5.53. The first-order chi connectivity index (χ1) is 11.8. The fourth-order valence-corrected chi connectivity index (χ4v) is 5.00. The van der Waals surface area contributed by atoms with Gasteiger partial charge in [0.05, 0.1) is 12.1 Å². The van der Waals surface area contributed by atoms with Crippen molar-refractivity contribution in [2.75, 3.05) is 19.4 Å². The van der Waals surface area contributed by atoms with Crippen molar-refractivity contribution in [2.24, 2.45) is 0 Å². The third-order valence-corrected chi connectivity index (χ3v) is 6.92. The molecule has 0 atom stereocenters. The van der Waals surface area contributed by atoms with Crippen molar-refractivity contribution in [3.05, 3.63) is 57.6 Å². The summed E-state index contributed by atoms with van der Waals surface area (Å²) in [6.07, 6.45) is 0. The van der Waals surface area contributed by atoms with Crippen LogP contribution in [0.5, 0.6) is 5.75 Å². The van der Waals surface area contributed by atoms with Crippen molar-refractivity contribution < 1.29 is 13.2 Å². The van der Waals surface area contributed by atoms with Gasteiger partial charge in [-0.05, 0) is 24.6 Å². The first-order valence-electron chi connectivity index (χ1n) is 7.50. The maximum Gasteiger partial charge on any atom is 0.242 e. The monoisotopic (exact) mass is 419 g/mol. The molecule has 0 aliphatic rings. The van der Waals surface area contributed by atoms with Crippen LogP contribution < -0.4 is 9.46 Å². The molecule has 4 nitrogen and oxygen atoms in total. The van der Waals surface area contributed by atoms with E-state index in [2.05, 4.69) is 16.9 Å². The molecule has 0 aliphatic carbocycles. The molecule has 2 aromatic carbocycles. The summed E-state index contributed by atoms with van der Waals surface area (Å²) in [6, 6.07) is 11.1. The zero-order valence-corrected chi connectivity index (χ0v) is 17.0. The van der Waals surface area contributed by atoms with Crippen LogP contribution in [0.2, 0.25) is 10.0 Å². The number of benzene rings is 2. The molecule has 0 fully saturated rings. The Morgan fingerprint density at radius 2 is 1.92 bits per heavy atom. The smallest absolute Gasteiger partial charge is 0.242 e. The quantitative estimate of drug-likeness (QED) is 0.638. The number of methoxy groups -OCH3 is 1. The molecular weight excluding hydrogens is 401 g/mol. The second kappa shape index (κ2) is 9.14. The summed E-state index contributed by atoms with van der Waals surface area (Å²) in [5.41, 5.74) is 2.43. The molecule has 2 rings (SSSR count). The van der Waals surface area contributed by atoms with E-state index in [1.165, 1.54) is 30.4 Å². The Hall–Kier alpha value is -0.920.